The van der Waals surface area contributed by atoms with Crippen LogP contribution in [0.1, 0.15) is 11.3 Å². The van der Waals surface area contributed by atoms with Gasteiger partial charge in [-0.25, -0.2) is 4.68 Å². The molecule has 2 aromatic carbocycles. The Morgan fingerprint density at radius 2 is 1.83 bits per heavy atom. The van der Waals surface area contributed by atoms with E-state index in [1.807, 2.05) is 41.9 Å². The van der Waals surface area contributed by atoms with E-state index in [0.717, 1.165) is 32.7 Å². The van der Waals surface area contributed by atoms with Crippen LogP contribution in [0.5, 0.6) is 0 Å². The van der Waals surface area contributed by atoms with Gasteiger partial charge in [-0.05, 0) is 42.8 Å². The van der Waals surface area contributed by atoms with Crippen LogP contribution >= 0.6 is 39.1 Å². The molecule has 2 N–H and O–H groups in total. The quantitative estimate of drug-likeness (QED) is 0.630. The summed E-state index contributed by atoms with van der Waals surface area (Å²) in [6.07, 6.45) is 0. The summed E-state index contributed by atoms with van der Waals surface area (Å²) in [4.78, 5) is 0. The van der Waals surface area contributed by atoms with Gasteiger partial charge in [0, 0.05) is 21.6 Å². The summed E-state index contributed by atoms with van der Waals surface area (Å²) < 4.78 is 2.85. The average molecular weight is 411 g/mol. The third-order valence-corrected chi connectivity index (χ3v) is 4.74. The Kier molecular flexibility index (Phi) is 4.78. The van der Waals surface area contributed by atoms with Crippen LogP contribution in [0.15, 0.2) is 46.9 Å². The van der Waals surface area contributed by atoms with Gasteiger partial charge in [0.25, 0.3) is 0 Å². The van der Waals surface area contributed by atoms with Gasteiger partial charge in [-0.3, -0.25) is 0 Å². The summed E-state index contributed by atoms with van der Waals surface area (Å²) in [6, 6.07) is 13.4. The van der Waals surface area contributed by atoms with E-state index in [1.165, 1.54) is 0 Å². The molecule has 1 aromatic heterocycles. The van der Waals surface area contributed by atoms with Crippen LogP contribution in [-0.4, -0.2) is 9.78 Å². The fourth-order valence-corrected chi connectivity index (χ4v) is 3.26. The van der Waals surface area contributed by atoms with Crippen molar-refractivity contribution in [2.75, 3.05) is 0 Å². The Hall–Kier alpha value is -1.33. The van der Waals surface area contributed by atoms with Crippen molar-refractivity contribution in [1.82, 2.24) is 9.78 Å². The number of hydrogen-bond donors (Lipinski definition) is 1. The van der Waals surface area contributed by atoms with Crippen molar-refractivity contribution in [2.24, 2.45) is 5.73 Å². The van der Waals surface area contributed by atoms with Crippen molar-refractivity contribution in [2.45, 2.75) is 13.5 Å². The molecule has 0 aliphatic heterocycles. The molecule has 0 radical (unpaired) electrons. The van der Waals surface area contributed by atoms with Gasteiger partial charge >= 0.3 is 0 Å². The molecule has 0 aliphatic rings. The first-order valence-electron chi connectivity index (χ1n) is 7.01. The van der Waals surface area contributed by atoms with Crippen molar-refractivity contribution in [3.8, 4) is 16.9 Å². The maximum absolute atomic E-state index is 6.37. The maximum atomic E-state index is 6.37. The van der Waals surface area contributed by atoms with E-state index in [2.05, 4.69) is 21.0 Å². The Bertz CT molecular complexity index is 857. The van der Waals surface area contributed by atoms with Crippen LogP contribution < -0.4 is 5.73 Å². The van der Waals surface area contributed by atoms with Crippen molar-refractivity contribution in [1.29, 1.82) is 0 Å². The van der Waals surface area contributed by atoms with Crippen LogP contribution in [0.25, 0.3) is 16.9 Å². The zero-order chi connectivity index (χ0) is 16.6. The van der Waals surface area contributed by atoms with E-state index in [9.17, 15) is 0 Å². The second-order valence-corrected chi connectivity index (χ2v) is 6.90. The number of nitrogens with zero attached hydrogens (tertiary/aromatic N) is 2. The van der Waals surface area contributed by atoms with Crippen LogP contribution in [0, 0.1) is 6.92 Å². The van der Waals surface area contributed by atoms with Crippen LogP contribution in [0.3, 0.4) is 0 Å². The highest BCUT2D eigenvalue weighted by Crippen LogP contribution is 2.33. The van der Waals surface area contributed by atoms with Crippen molar-refractivity contribution in [3.63, 3.8) is 0 Å². The molecule has 1 heterocycles. The molecule has 0 spiro atoms. The van der Waals surface area contributed by atoms with Crippen molar-refractivity contribution in [3.05, 3.63) is 68.2 Å². The van der Waals surface area contributed by atoms with Gasteiger partial charge in [-0.2, -0.15) is 5.10 Å². The van der Waals surface area contributed by atoms with Crippen molar-refractivity contribution >= 4 is 39.1 Å². The second kappa shape index (κ2) is 6.65. The normalized spacial score (nSPS) is 11.0. The molecule has 118 valence electrons. The lowest BCUT2D eigenvalue weighted by Gasteiger charge is -2.11. The van der Waals surface area contributed by atoms with Gasteiger partial charge < -0.3 is 5.73 Å². The highest BCUT2D eigenvalue weighted by atomic mass is 79.9. The van der Waals surface area contributed by atoms with E-state index >= 15 is 0 Å². The van der Waals surface area contributed by atoms with Crippen LogP contribution in [-0.2, 0) is 6.54 Å². The first-order chi connectivity index (χ1) is 11.0. The SMILES string of the molecule is Cc1c(CN)nn(-c2ccc(Cl)cc2Cl)c1-c1ccc(Br)cc1. The molecule has 0 saturated heterocycles. The molecule has 0 fully saturated rings. The van der Waals surface area contributed by atoms with Gasteiger partial charge in [0.15, 0.2) is 0 Å². The van der Waals surface area contributed by atoms with Crippen LogP contribution in [0.2, 0.25) is 10.0 Å². The lowest BCUT2D eigenvalue weighted by atomic mass is 10.1. The van der Waals surface area contributed by atoms with E-state index in [4.69, 9.17) is 28.9 Å². The minimum atomic E-state index is 0.369. The Morgan fingerprint density at radius 3 is 2.43 bits per heavy atom. The molecule has 0 aliphatic carbocycles. The number of rotatable bonds is 3. The largest absolute Gasteiger partial charge is 0.325 e. The Balaban J connectivity index is 2.26. The lowest BCUT2D eigenvalue weighted by molar-refractivity contribution is 0.838. The number of halogens is 3. The number of hydrogen-bond acceptors (Lipinski definition) is 2. The molecule has 0 amide bonds. The standard InChI is InChI=1S/C17H14BrCl2N3/c1-10-15(9-21)22-23(16-7-6-13(19)8-14(16)20)17(10)11-2-4-12(18)5-3-11/h2-8H,9,21H2,1H3. The number of benzene rings is 2. The van der Waals surface area contributed by atoms with Crippen molar-refractivity contribution < 1.29 is 0 Å². The fourth-order valence-electron chi connectivity index (χ4n) is 2.51. The molecule has 0 saturated carbocycles. The van der Waals surface area contributed by atoms with Gasteiger partial charge in [0.2, 0.25) is 0 Å². The summed E-state index contributed by atoms with van der Waals surface area (Å²) in [7, 11) is 0. The van der Waals surface area contributed by atoms with Crippen LogP contribution in [0.4, 0.5) is 0 Å². The van der Waals surface area contributed by atoms with E-state index in [1.54, 1.807) is 12.1 Å². The molecule has 3 aromatic rings. The monoisotopic (exact) mass is 409 g/mol. The maximum Gasteiger partial charge on any atom is 0.0840 e. The molecular formula is C17H14BrCl2N3. The first kappa shape index (κ1) is 16.5. The van der Waals surface area contributed by atoms with E-state index < -0.39 is 0 Å². The zero-order valence-electron chi connectivity index (χ0n) is 12.4. The summed E-state index contributed by atoms with van der Waals surface area (Å²) in [5.41, 5.74) is 10.5. The Morgan fingerprint density at radius 1 is 1.13 bits per heavy atom. The smallest absolute Gasteiger partial charge is 0.0840 e. The lowest BCUT2D eigenvalue weighted by Crippen LogP contribution is -2.02. The first-order valence-corrected chi connectivity index (χ1v) is 8.56. The zero-order valence-corrected chi connectivity index (χ0v) is 15.5. The minimum Gasteiger partial charge on any atom is -0.325 e. The molecule has 0 bridgehead atoms. The molecule has 6 heteroatoms. The minimum absolute atomic E-state index is 0.369. The highest BCUT2D eigenvalue weighted by Gasteiger charge is 2.18. The van der Waals surface area contributed by atoms with E-state index in [-0.39, 0.29) is 0 Å². The number of aromatic nitrogens is 2. The van der Waals surface area contributed by atoms with Gasteiger partial charge in [0.05, 0.1) is 22.1 Å². The number of nitrogens with two attached hydrogens (primary N) is 1. The Labute approximate surface area is 153 Å². The third-order valence-electron chi connectivity index (χ3n) is 3.67. The molecule has 23 heavy (non-hydrogen) atoms. The molecule has 0 atom stereocenters. The summed E-state index contributed by atoms with van der Waals surface area (Å²) >= 11 is 15.8. The summed E-state index contributed by atoms with van der Waals surface area (Å²) in [6.45, 7) is 2.39. The van der Waals surface area contributed by atoms with Gasteiger partial charge in [0.1, 0.15) is 0 Å². The topological polar surface area (TPSA) is 43.8 Å². The predicted molar refractivity (Wildman–Crippen MR) is 99.3 cm³/mol. The molecular weight excluding hydrogens is 397 g/mol. The predicted octanol–water partition coefficient (Wildman–Crippen LogP) is 5.38. The fraction of sp³-hybridized carbons (Fsp3) is 0.118. The average Bonchev–Trinajstić information content (AvgIpc) is 2.85. The second-order valence-electron chi connectivity index (χ2n) is 5.14. The summed E-state index contributed by atoms with van der Waals surface area (Å²) in [5, 5.41) is 5.77. The molecule has 0 unspecified atom stereocenters. The molecule has 3 rings (SSSR count). The van der Waals surface area contributed by atoms with Gasteiger partial charge in [-0.1, -0.05) is 51.3 Å². The third kappa shape index (κ3) is 3.17. The molecule has 3 nitrogen and oxygen atoms in total. The summed E-state index contributed by atoms with van der Waals surface area (Å²) in [5.74, 6) is 0. The highest BCUT2D eigenvalue weighted by molar-refractivity contribution is 9.10. The van der Waals surface area contributed by atoms with Gasteiger partial charge in [-0.15, -0.1) is 0 Å². The van der Waals surface area contributed by atoms with E-state index in [0.29, 0.717) is 16.6 Å².